The van der Waals surface area contributed by atoms with Gasteiger partial charge in [0.1, 0.15) is 0 Å². The Bertz CT molecular complexity index is 136. The van der Waals surface area contributed by atoms with Gasteiger partial charge in [0.25, 0.3) is 0 Å². The number of hydrogen-bond donors (Lipinski definition) is 0. The van der Waals surface area contributed by atoms with Crippen molar-refractivity contribution in [3.05, 3.63) is 24.3 Å². The Morgan fingerprint density at radius 1 is 0.923 bits per heavy atom. The Labute approximate surface area is 91.2 Å². The van der Waals surface area contributed by atoms with Crippen molar-refractivity contribution in [1.29, 1.82) is 0 Å². The van der Waals surface area contributed by atoms with Crippen LogP contribution in [0.1, 0.15) is 45.4 Å². The lowest BCUT2D eigenvalue weighted by molar-refractivity contribution is 0.641. The van der Waals surface area contributed by atoms with Gasteiger partial charge in [0.05, 0.1) is 0 Å². The number of rotatable bonds is 8. The zero-order valence-corrected chi connectivity index (χ0v) is 10.2. The minimum absolute atomic E-state index is 1.16. The molecule has 0 heterocycles. The van der Waals surface area contributed by atoms with Gasteiger partial charge in [-0.05, 0) is 26.2 Å². The average Bonchev–Trinajstić information content (AvgIpc) is 2.16. The van der Waals surface area contributed by atoms with Gasteiger partial charge in [-0.3, -0.25) is 0 Å². The molecule has 0 aromatic rings. The van der Waals surface area contributed by atoms with Crippen LogP contribution in [0.25, 0.3) is 0 Å². The molecule has 0 amide bonds. The van der Waals surface area contributed by atoms with E-state index in [2.05, 4.69) is 40.2 Å². The van der Waals surface area contributed by atoms with Gasteiger partial charge in [0.2, 0.25) is 0 Å². The van der Waals surface area contributed by atoms with Crippen LogP contribution in [-0.4, -0.2) is 5.33 Å². The zero-order valence-electron chi connectivity index (χ0n) is 8.64. The van der Waals surface area contributed by atoms with E-state index >= 15 is 0 Å². The smallest absolute Gasteiger partial charge is 0.00313 e. The maximum absolute atomic E-state index is 3.44. The highest BCUT2D eigenvalue weighted by molar-refractivity contribution is 9.09. The van der Waals surface area contributed by atoms with Crippen LogP contribution in [-0.2, 0) is 0 Å². The summed E-state index contributed by atoms with van der Waals surface area (Å²) < 4.78 is 0. The van der Waals surface area contributed by atoms with E-state index in [1.807, 2.05) is 6.92 Å². The van der Waals surface area contributed by atoms with Crippen molar-refractivity contribution in [3.63, 3.8) is 0 Å². The molecule has 0 saturated carbocycles. The lowest BCUT2D eigenvalue weighted by Gasteiger charge is -1.96. The molecule has 0 aliphatic carbocycles. The molecule has 0 rings (SSSR count). The van der Waals surface area contributed by atoms with Crippen molar-refractivity contribution >= 4 is 15.9 Å². The van der Waals surface area contributed by atoms with Crippen LogP contribution in [0.15, 0.2) is 24.3 Å². The van der Waals surface area contributed by atoms with Gasteiger partial charge in [-0.2, -0.15) is 0 Å². The second-order valence-corrected chi connectivity index (χ2v) is 3.99. The van der Waals surface area contributed by atoms with Crippen molar-refractivity contribution < 1.29 is 0 Å². The number of halogens is 1. The molecule has 0 aromatic heterocycles. The summed E-state index contributed by atoms with van der Waals surface area (Å²) in [5.74, 6) is 0. The Kier molecular flexibility index (Phi) is 11.9. The first-order chi connectivity index (χ1) is 6.41. The first-order valence-corrected chi connectivity index (χ1v) is 6.37. The van der Waals surface area contributed by atoms with Gasteiger partial charge in [-0.25, -0.2) is 0 Å². The fraction of sp³-hybridized carbons (Fsp3) is 0.667. The third-order valence-electron chi connectivity index (χ3n) is 1.94. The minimum Gasteiger partial charge on any atom is -0.0928 e. The zero-order chi connectivity index (χ0) is 9.78. The fourth-order valence-corrected chi connectivity index (χ4v) is 1.57. The molecular weight excluding hydrogens is 224 g/mol. The van der Waals surface area contributed by atoms with E-state index in [0.717, 1.165) is 5.33 Å². The Hall–Kier alpha value is -0.0400. The lowest BCUT2D eigenvalue weighted by Crippen LogP contribution is -1.78. The van der Waals surface area contributed by atoms with E-state index in [9.17, 15) is 0 Å². The van der Waals surface area contributed by atoms with Crippen molar-refractivity contribution in [2.24, 2.45) is 0 Å². The van der Waals surface area contributed by atoms with E-state index in [1.54, 1.807) is 0 Å². The molecule has 0 bridgehead atoms. The van der Waals surface area contributed by atoms with Gasteiger partial charge >= 0.3 is 0 Å². The second kappa shape index (κ2) is 12.0. The Balaban J connectivity index is 2.99. The molecule has 1 heteroatoms. The lowest BCUT2D eigenvalue weighted by atomic mass is 10.1. The van der Waals surface area contributed by atoms with Crippen LogP contribution in [0.5, 0.6) is 0 Å². The van der Waals surface area contributed by atoms with E-state index < -0.39 is 0 Å². The van der Waals surface area contributed by atoms with Crippen LogP contribution < -0.4 is 0 Å². The molecule has 0 radical (unpaired) electrons. The fourth-order valence-electron chi connectivity index (χ4n) is 1.17. The topological polar surface area (TPSA) is 0 Å². The SMILES string of the molecule is C/C=C/C=C/CCCCCCCBr. The van der Waals surface area contributed by atoms with E-state index in [0.29, 0.717) is 0 Å². The monoisotopic (exact) mass is 244 g/mol. The molecule has 0 aromatic carbocycles. The summed E-state index contributed by atoms with van der Waals surface area (Å²) in [5.41, 5.74) is 0. The van der Waals surface area contributed by atoms with Crippen LogP contribution in [0.2, 0.25) is 0 Å². The number of hydrogen-bond acceptors (Lipinski definition) is 0. The van der Waals surface area contributed by atoms with Gasteiger partial charge in [0, 0.05) is 5.33 Å². The highest BCUT2D eigenvalue weighted by Gasteiger charge is 1.87. The number of allylic oxidation sites excluding steroid dienone is 4. The average molecular weight is 245 g/mol. The molecule has 0 aliphatic rings. The third kappa shape index (κ3) is 12.0. The molecule has 0 nitrogen and oxygen atoms in total. The van der Waals surface area contributed by atoms with E-state index in [-0.39, 0.29) is 0 Å². The summed E-state index contributed by atoms with van der Waals surface area (Å²) >= 11 is 3.44. The van der Waals surface area contributed by atoms with E-state index in [4.69, 9.17) is 0 Å². The summed E-state index contributed by atoms with van der Waals surface area (Å²) in [6.45, 7) is 2.05. The van der Waals surface area contributed by atoms with Crippen LogP contribution in [0.4, 0.5) is 0 Å². The molecule has 13 heavy (non-hydrogen) atoms. The minimum atomic E-state index is 1.16. The summed E-state index contributed by atoms with van der Waals surface area (Å²) in [6, 6.07) is 0. The molecule has 0 fully saturated rings. The van der Waals surface area contributed by atoms with Crippen LogP contribution in [0, 0.1) is 0 Å². The highest BCUT2D eigenvalue weighted by Crippen LogP contribution is 2.06. The maximum Gasteiger partial charge on any atom is 0.00313 e. The predicted molar refractivity (Wildman–Crippen MR) is 65.5 cm³/mol. The molecule has 0 saturated heterocycles. The van der Waals surface area contributed by atoms with Crippen LogP contribution in [0.3, 0.4) is 0 Å². The van der Waals surface area contributed by atoms with Gasteiger partial charge in [-0.15, -0.1) is 0 Å². The molecule has 0 N–H and O–H groups in total. The molecular formula is C12H21Br. The molecule has 0 aliphatic heterocycles. The normalized spacial score (nSPS) is 11.8. The molecule has 76 valence electrons. The standard InChI is InChI=1S/C12H21Br/c1-2-3-4-5-6-7-8-9-10-11-12-13/h2-5H,6-12H2,1H3/b3-2+,5-4+. The third-order valence-corrected chi connectivity index (χ3v) is 2.50. The Morgan fingerprint density at radius 3 is 2.31 bits per heavy atom. The predicted octanol–water partition coefficient (Wildman–Crippen LogP) is 4.85. The van der Waals surface area contributed by atoms with Crippen molar-refractivity contribution in [2.75, 3.05) is 5.33 Å². The van der Waals surface area contributed by atoms with E-state index in [1.165, 1.54) is 38.5 Å². The van der Waals surface area contributed by atoms with Crippen molar-refractivity contribution in [1.82, 2.24) is 0 Å². The first kappa shape index (κ1) is 13.0. The van der Waals surface area contributed by atoms with Gasteiger partial charge in [0.15, 0.2) is 0 Å². The Morgan fingerprint density at radius 2 is 1.62 bits per heavy atom. The second-order valence-electron chi connectivity index (χ2n) is 3.20. The van der Waals surface area contributed by atoms with Gasteiger partial charge in [-0.1, -0.05) is 59.5 Å². The summed E-state index contributed by atoms with van der Waals surface area (Å²) in [7, 11) is 0. The largest absolute Gasteiger partial charge is 0.0928 e. The first-order valence-electron chi connectivity index (χ1n) is 5.25. The maximum atomic E-state index is 3.44. The van der Waals surface area contributed by atoms with Crippen molar-refractivity contribution in [3.8, 4) is 0 Å². The van der Waals surface area contributed by atoms with Crippen LogP contribution >= 0.6 is 15.9 Å². The quantitative estimate of drug-likeness (QED) is 0.325. The van der Waals surface area contributed by atoms with Crippen molar-refractivity contribution in [2.45, 2.75) is 45.4 Å². The molecule has 0 spiro atoms. The highest BCUT2D eigenvalue weighted by atomic mass is 79.9. The number of alkyl halides is 1. The summed E-state index contributed by atoms with van der Waals surface area (Å²) in [4.78, 5) is 0. The molecule has 0 unspecified atom stereocenters. The van der Waals surface area contributed by atoms with Gasteiger partial charge < -0.3 is 0 Å². The summed E-state index contributed by atoms with van der Waals surface area (Å²) in [5, 5.41) is 1.16. The number of unbranched alkanes of at least 4 members (excludes halogenated alkanes) is 5. The summed E-state index contributed by atoms with van der Waals surface area (Å²) in [6.07, 6.45) is 16.6. The molecule has 0 atom stereocenters.